The van der Waals surface area contributed by atoms with E-state index in [0.717, 1.165) is 37.1 Å². The Morgan fingerprint density at radius 3 is 2.83 bits per heavy atom. The molecule has 0 aromatic carbocycles. The molecule has 1 aromatic heterocycles. The molecule has 18 heavy (non-hydrogen) atoms. The second-order valence-electron chi connectivity index (χ2n) is 5.24. The van der Waals surface area contributed by atoms with Gasteiger partial charge in [-0.05, 0) is 12.8 Å². The van der Waals surface area contributed by atoms with Crippen LogP contribution in [0.5, 0.6) is 0 Å². The highest BCUT2D eigenvalue weighted by atomic mass is 16.4. The zero-order chi connectivity index (χ0) is 12.5. The minimum absolute atomic E-state index is 0.253. The number of nitrogens with zero attached hydrogens (tertiary/aromatic N) is 2. The summed E-state index contributed by atoms with van der Waals surface area (Å²) in [6, 6.07) is 0.415. The van der Waals surface area contributed by atoms with Crippen molar-refractivity contribution in [1.82, 2.24) is 15.1 Å². The van der Waals surface area contributed by atoms with Gasteiger partial charge in [0.1, 0.15) is 0 Å². The van der Waals surface area contributed by atoms with Crippen molar-refractivity contribution in [2.45, 2.75) is 51.1 Å². The lowest BCUT2D eigenvalue weighted by Crippen LogP contribution is -2.26. The normalized spacial score (nSPS) is 20.7. The van der Waals surface area contributed by atoms with Gasteiger partial charge in [0.15, 0.2) is 5.69 Å². The van der Waals surface area contributed by atoms with E-state index < -0.39 is 5.97 Å². The molecule has 1 aliphatic carbocycles. The summed E-state index contributed by atoms with van der Waals surface area (Å²) < 4.78 is 2.03. The molecule has 0 atom stereocenters. The number of fused-ring (bicyclic) bond motifs is 1. The number of hydrogen-bond acceptors (Lipinski definition) is 3. The summed E-state index contributed by atoms with van der Waals surface area (Å²) in [5, 5.41) is 16.9. The Morgan fingerprint density at radius 2 is 2.11 bits per heavy atom. The number of aromatic nitrogens is 2. The van der Waals surface area contributed by atoms with Crippen molar-refractivity contribution >= 4 is 5.97 Å². The van der Waals surface area contributed by atoms with Gasteiger partial charge in [-0.15, -0.1) is 0 Å². The summed E-state index contributed by atoms with van der Waals surface area (Å²) in [4.78, 5) is 11.3. The third-order valence-electron chi connectivity index (χ3n) is 4.08. The van der Waals surface area contributed by atoms with E-state index in [0.29, 0.717) is 12.6 Å². The smallest absolute Gasteiger partial charge is 0.356 e. The summed E-state index contributed by atoms with van der Waals surface area (Å²) in [5.41, 5.74) is 2.31. The van der Waals surface area contributed by atoms with Gasteiger partial charge < -0.3 is 10.4 Å². The quantitative estimate of drug-likeness (QED) is 0.837. The van der Waals surface area contributed by atoms with Crippen LogP contribution in [-0.4, -0.2) is 27.4 Å². The maximum Gasteiger partial charge on any atom is 0.356 e. The number of nitrogens with one attached hydrogen (secondary N) is 1. The number of carboxylic acids is 1. The lowest BCUT2D eigenvalue weighted by atomic mass is 9.95. The minimum Gasteiger partial charge on any atom is -0.476 e. The van der Waals surface area contributed by atoms with Gasteiger partial charge >= 0.3 is 5.97 Å². The zero-order valence-electron chi connectivity index (χ0n) is 10.5. The fraction of sp³-hybridized carbons (Fsp3) is 0.692. The molecule has 0 unspecified atom stereocenters. The highest BCUT2D eigenvalue weighted by molar-refractivity contribution is 5.87. The Bertz CT molecular complexity index is 461. The molecule has 5 heteroatoms. The van der Waals surface area contributed by atoms with Crippen molar-refractivity contribution in [3.05, 3.63) is 17.0 Å². The molecule has 1 saturated carbocycles. The van der Waals surface area contributed by atoms with Crippen LogP contribution in [0.2, 0.25) is 0 Å². The Morgan fingerprint density at radius 1 is 1.33 bits per heavy atom. The van der Waals surface area contributed by atoms with Crippen LogP contribution in [0.3, 0.4) is 0 Å². The fourth-order valence-electron chi connectivity index (χ4n) is 3.17. The third-order valence-corrected chi connectivity index (χ3v) is 4.08. The molecule has 0 saturated heterocycles. The first-order valence-electron chi connectivity index (χ1n) is 6.81. The summed E-state index contributed by atoms with van der Waals surface area (Å²) in [5.74, 6) is -0.899. The van der Waals surface area contributed by atoms with Gasteiger partial charge in [0.05, 0.1) is 6.04 Å². The molecule has 98 valence electrons. The predicted molar refractivity (Wildman–Crippen MR) is 66.7 cm³/mol. The first-order chi connectivity index (χ1) is 8.77. The topological polar surface area (TPSA) is 67.1 Å². The van der Waals surface area contributed by atoms with Crippen molar-refractivity contribution in [2.24, 2.45) is 0 Å². The van der Waals surface area contributed by atoms with E-state index in [1.807, 2.05) is 4.68 Å². The van der Waals surface area contributed by atoms with Crippen molar-refractivity contribution in [3.8, 4) is 0 Å². The lowest BCUT2D eigenvalue weighted by Gasteiger charge is -2.25. The highest BCUT2D eigenvalue weighted by Crippen LogP contribution is 2.31. The molecule has 2 N–H and O–H groups in total. The van der Waals surface area contributed by atoms with Gasteiger partial charge in [-0.3, -0.25) is 4.68 Å². The monoisotopic (exact) mass is 249 g/mol. The average Bonchev–Trinajstić information content (AvgIpc) is 2.79. The van der Waals surface area contributed by atoms with Crippen LogP contribution < -0.4 is 5.32 Å². The Kier molecular flexibility index (Phi) is 3.07. The van der Waals surface area contributed by atoms with Crippen LogP contribution in [0.15, 0.2) is 0 Å². The van der Waals surface area contributed by atoms with Crippen LogP contribution >= 0.6 is 0 Å². The Labute approximate surface area is 106 Å². The standard InChI is InChI=1S/C13H19N3O2/c17-13(18)12-10-8-14-7-6-11(10)16(15-12)9-4-2-1-3-5-9/h9,14H,1-8H2,(H,17,18). The van der Waals surface area contributed by atoms with E-state index in [4.69, 9.17) is 0 Å². The lowest BCUT2D eigenvalue weighted by molar-refractivity contribution is 0.0687. The minimum atomic E-state index is -0.899. The van der Waals surface area contributed by atoms with Gasteiger partial charge in [-0.25, -0.2) is 4.79 Å². The number of carbonyl (C=O) groups is 1. The van der Waals surface area contributed by atoms with E-state index in [2.05, 4.69) is 10.4 Å². The molecule has 1 fully saturated rings. The van der Waals surface area contributed by atoms with Crippen LogP contribution in [-0.2, 0) is 13.0 Å². The average molecular weight is 249 g/mol. The summed E-state index contributed by atoms with van der Waals surface area (Å²) in [7, 11) is 0. The van der Waals surface area contributed by atoms with Crippen molar-refractivity contribution < 1.29 is 9.90 Å². The van der Waals surface area contributed by atoms with E-state index in [-0.39, 0.29) is 5.69 Å². The molecule has 1 aliphatic heterocycles. The predicted octanol–water partition coefficient (Wildman–Crippen LogP) is 1.73. The maximum absolute atomic E-state index is 11.3. The van der Waals surface area contributed by atoms with E-state index in [1.54, 1.807) is 0 Å². The molecule has 5 nitrogen and oxygen atoms in total. The Balaban J connectivity index is 2.00. The molecular formula is C13H19N3O2. The van der Waals surface area contributed by atoms with Crippen LogP contribution in [0.4, 0.5) is 0 Å². The molecule has 1 aromatic rings. The maximum atomic E-state index is 11.3. The number of aromatic carboxylic acids is 1. The van der Waals surface area contributed by atoms with E-state index >= 15 is 0 Å². The molecule has 0 bridgehead atoms. The van der Waals surface area contributed by atoms with Crippen LogP contribution in [0, 0.1) is 0 Å². The molecule has 2 heterocycles. The highest BCUT2D eigenvalue weighted by Gasteiger charge is 2.28. The van der Waals surface area contributed by atoms with Gasteiger partial charge in [0.25, 0.3) is 0 Å². The number of hydrogen-bond donors (Lipinski definition) is 2. The largest absolute Gasteiger partial charge is 0.476 e. The number of carboxylic acid groups (broad SMARTS) is 1. The van der Waals surface area contributed by atoms with Crippen LogP contribution in [0.25, 0.3) is 0 Å². The first-order valence-corrected chi connectivity index (χ1v) is 6.81. The first kappa shape index (κ1) is 11.7. The molecule has 3 rings (SSSR count). The van der Waals surface area contributed by atoms with E-state index in [1.165, 1.54) is 19.3 Å². The molecule has 0 amide bonds. The van der Waals surface area contributed by atoms with Gasteiger partial charge in [0, 0.05) is 30.8 Å². The Hall–Kier alpha value is -1.36. The second-order valence-corrected chi connectivity index (χ2v) is 5.24. The third kappa shape index (κ3) is 1.92. The molecule has 2 aliphatic rings. The van der Waals surface area contributed by atoms with E-state index in [9.17, 15) is 9.90 Å². The molecule has 0 radical (unpaired) electrons. The second kappa shape index (κ2) is 4.72. The SMILES string of the molecule is O=C(O)c1nn(C2CCCCC2)c2c1CNCC2. The van der Waals surface area contributed by atoms with Gasteiger partial charge in [-0.2, -0.15) is 5.10 Å². The zero-order valence-corrected chi connectivity index (χ0v) is 10.5. The van der Waals surface area contributed by atoms with Crippen molar-refractivity contribution in [3.63, 3.8) is 0 Å². The van der Waals surface area contributed by atoms with Crippen molar-refractivity contribution in [1.29, 1.82) is 0 Å². The van der Waals surface area contributed by atoms with Crippen molar-refractivity contribution in [2.75, 3.05) is 6.54 Å². The molecule has 0 spiro atoms. The van der Waals surface area contributed by atoms with Crippen LogP contribution in [0.1, 0.15) is 59.9 Å². The fourth-order valence-corrected chi connectivity index (χ4v) is 3.17. The summed E-state index contributed by atoms with van der Waals surface area (Å²) in [6.45, 7) is 1.56. The van der Waals surface area contributed by atoms with Gasteiger partial charge in [0.2, 0.25) is 0 Å². The summed E-state index contributed by atoms with van der Waals surface area (Å²) in [6.07, 6.45) is 6.94. The summed E-state index contributed by atoms with van der Waals surface area (Å²) >= 11 is 0. The number of rotatable bonds is 2. The van der Waals surface area contributed by atoms with Gasteiger partial charge in [-0.1, -0.05) is 19.3 Å². The molecular weight excluding hydrogens is 230 g/mol.